The molecule has 8 heteroatoms. The van der Waals surface area contributed by atoms with Crippen molar-refractivity contribution >= 4 is 22.8 Å². The number of carbonyl (C=O) groups excluding carboxylic acids is 1. The predicted octanol–water partition coefficient (Wildman–Crippen LogP) is 5.36. The highest BCUT2D eigenvalue weighted by molar-refractivity contribution is 5.99. The van der Waals surface area contributed by atoms with E-state index in [0.29, 0.717) is 17.6 Å². The largest absolute Gasteiger partial charge is 0.478 e. The summed E-state index contributed by atoms with van der Waals surface area (Å²) in [5.41, 5.74) is 4.22. The van der Waals surface area contributed by atoms with Gasteiger partial charge in [-0.05, 0) is 55.9 Å². The van der Waals surface area contributed by atoms with Crippen molar-refractivity contribution < 1.29 is 14.7 Å². The van der Waals surface area contributed by atoms with E-state index in [4.69, 9.17) is 0 Å². The summed E-state index contributed by atoms with van der Waals surface area (Å²) in [7, 11) is 0. The number of carboxylic acid groups (broad SMARTS) is 1. The number of H-pyrrole nitrogens is 1. The maximum atomic E-state index is 13.3. The lowest BCUT2D eigenvalue weighted by Crippen LogP contribution is -2.31. The Bertz CT molecular complexity index is 1400. The van der Waals surface area contributed by atoms with E-state index < -0.39 is 5.97 Å². The molecule has 186 valence electrons. The summed E-state index contributed by atoms with van der Waals surface area (Å²) in [6, 6.07) is 15.0. The highest BCUT2D eigenvalue weighted by atomic mass is 16.4. The number of aromatic amines is 1. The first-order valence-electron chi connectivity index (χ1n) is 12.6. The molecule has 3 N–H and O–H groups in total. The van der Waals surface area contributed by atoms with Crippen LogP contribution in [-0.4, -0.2) is 36.7 Å². The minimum Gasteiger partial charge on any atom is -0.478 e. The van der Waals surface area contributed by atoms with Crippen molar-refractivity contribution in [2.24, 2.45) is 0 Å². The first-order chi connectivity index (χ1) is 17.4. The molecule has 4 aromatic rings. The zero-order chi connectivity index (χ0) is 25.2. The Balaban J connectivity index is 1.63. The Labute approximate surface area is 209 Å². The van der Waals surface area contributed by atoms with Gasteiger partial charge in [-0.3, -0.25) is 9.89 Å². The number of aromatic carboxylic acids is 1. The Morgan fingerprint density at radius 2 is 1.89 bits per heavy atom. The third-order valence-corrected chi connectivity index (χ3v) is 7.09. The van der Waals surface area contributed by atoms with E-state index in [0.717, 1.165) is 35.0 Å². The van der Waals surface area contributed by atoms with E-state index in [9.17, 15) is 14.7 Å². The molecular formula is C28H31N5O3. The monoisotopic (exact) mass is 485 g/mol. The summed E-state index contributed by atoms with van der Waals surface area (Å²) >= 11 is 0. The molecule has 1 aliphatic rings. The predicted molar refractivity (Wildman–Crippen MR) is 138 cm³/mol. The Morgan fingerprint density at radius 3 is 2.56 bits per heavy atom. The molecule has 1 aliphatic carbocycles. The number of benzene rings is 2. The van der Waals surface area contributed by atoms with E-state index in [-0.39, 0.29) is 24.1 Å². The van der Waals surface area contributed by atoms with Crippen LogP contribution in [0.1, 0.15) is 78.6 Å². The van der Waals surface area contributed by atoms with Gasteiger partial charge in [0.05, 0.1) is 22.8 Å². The Morgan fingerprint density at radius 1 is 1.14 bits per heavy atom. The molecule has 0 spiro atoms. The number of aromatic nitrogens is 4. The molecule has 0 saturated heterocycles. The van der Waals surface area contributed by atoms with Gasteiger partial charge in [0.1, 0.15) is 12.4 Å². The number of hydrogen-bond acceptors (Lipinski definition) is 4. The van der Waals surface area contributed by atoms with Crippen molar-refractivity contribution in [2.45, 2.75) is 64.5 Å². The first kappa shape index (κ1) is 23.8. The summed E-state index contributed by atoms with van der Waals surface area (Å²) in [6.07, 6.45) is 5.76. The standard InChI is InChI=1S/C28H31N5O3/c1-17(27-30-18(2)31-32-27)29-24(34)16-33-23-15-21(28(35)36)13-14-22(23)25(19-9-5-3-6-10-19)26(33)20-11-7-4-8-12-20/h4,7-8,11-15,17,19H,3,5-6,9-10,16H2,1-2H3,(H,29,34)(H,35,36)(H,30,31,32). The van der Waals surface area contributed by atoms with Gasteiger partial charge < -0.3 is 15.0 Å². The Kier molecular flexibility index (Phi) is 6.59. The second kappa shape index (κ2) is 9.97. The van der Waals surface area contributed by atoms with Gasteiger partial charge in [-0.25, -0.2) is 9.78 Å². The van der Waals surface area contributed by atoms with Crippen LogP contribution < -0.4 is 5.32 Å². The smallest absolute Gasteiger partial charge is 0.335 e. The van der Waals surface area contributed by atoms with E-state index >= 15 is 0 Å². The number of nitrogens with zero attached hydrogens (tertiary/aromatic N) is 3. The number of amides is 1. The van der Waals surface area contributed by atoms with Gasteiger partial charge in [0.25, 0.3) is 0 Å². The summed E-state index contributed by atoms with van der Waals surface area (Å²) in [5.74, 6) is 0.412. The minimum absolute atomic E-state index is 0.0598. The molecule has 0 aliphatic heterocycles. The third kappa shape index (κ3) is 4.63. The molecule has 2 aromatic heterocycles. The van der Waals surface area contributed by atoms with Gasteiger partial charge in [-0.15, -0.1) is 0 Å². The van der Waals surface area contributed by atoms with Gasteiger partial charge in [-0.1, -0.05) is 55.7 Å². The van der Waals surface area contributed by atoms with Crippen LogP contribution in [0.5, 0.6) is 0 Å². The van der Waals surface area contributed by atoms with Gasteiger partial charge >= 0.3 is 5.97 Å². The molecule has 1 atom stereocenters. The fourth-order valence-electron chi connectivity index (χ4n) is 5.43. The van der Waals surface area contributed by atoms with Crippen molar-refractivity contribution in [1.29, 1.82) is 0 Å². The summed E-state index contributed by atoms with van der Waals surface area (Å²) < 4.78 is 1.99. The van der Waals surface area contributed by atoms with Crippen LogP contribution in [-0.2, 0) is 11.3 Å². The van der Waals surface area contributed by atoms with E-state index in [1.54, 1.807) is 12.1 Å². The SMILES string of the molecule is Cc1nc(C(C)NC(=O)Cn2c(-c3ccccc3)c(C3CCCCC3)c3ccc(C(=O)O)cc32)n[nH]1. The molecule has 1 fully saturated rings. The molecule has 36 heavy (non-hydrogen) atoms. The summed E-state index contributed by atoms with van der Waals surface area (Å²) in [6.45, 7) is 3.72. The van der Waals surface area contributed by atoms with Crippen molar-refractivity contribution in [2.75, 3.05) is 0 Å². The van der Waals surface area contributed by atoms with Crippen LogP contribution in [0, 0.1) is 6.92 Å². The van der Waals surface area contributed by atoms with Crippen molar-refractivity contribution in [3.8, 4) is 11.3 Å². The lowest BCUT2D eigenvalue weighted by atomic mass is 9.82. The maximum Gasteiger partial charge on any atom is 0.335 e. The summed E-state index contributed by atoms with van der Waals surface area (Å²) in [4.78, 5) is 29.5. The van der Waals surface area contributed by atoms with Crippen LogP contribution in [0.25, 0.3) is 22.2 Å². The number of rotatable bonds is 7. The molecule has 8 nitrogen and oxygen atoms in total. The number of hydrogen-bond donors (Lipinski definition) is 3. The van der Waals surface area contributed by atoms with Gasteiger partial charge in [0.15, 0.2) is 5.82 Å². The second-order valence-electron chi connectivity index (χ2n) is 9.65. The molecule has 1 amide bonds. The van der Waals surface area contributed by atoms with Crippen LogP contribution in [0.2, 0.25) is 0 Å². The molecular weight excluding hydrogens is 454 g/mol. The Hall–Kier alpha value is -3.94. The fraction of sp³-hybridized carbons (Fsp3) is 0.357. The zero-order valence-electron chi connectivity index (χ0n) is 20.6. The highest BCUT2D eigenvalue weighted by Crippen LogP contribution is 2.44. The number of carboxylic acids is 1. The van der Waals surface area contributed by atoms with Gasteiger partial charge in [-0.2, -0.15) is 5.10 Å². The fourth-order valence-corrected chi connectivity index (χ4v) is 5.43. The molecule has 0 radical (unpaired) electrons. The lowest BCUT2D eigenvalue weighted by Gasteiger charge is -2.24. The molecule has 1 saturated carbocycles. The van der Waals surface area contributed by atoms with E-state index in [1.165, 1.54) is 24.8 Å². The van der Waals surface area contributed by atoms with Crippen molar-refractivity contribution in [1.82, 2.24) is 25.1 Å². The third-order valence-electron chi connectivity index (χ3n) is 7.09. The highest BCUT2D eigenvalue weighted by Gasteiger charge is 2.28. The summed E-state index contributed by atoms with van der Waals surface area (Å²) in [5, 5.41) is 20.7. The lowest BCUT2D eigenvalue weighted by molar-refractivity contribution is -0.122. The van der Waals surface area contributed by atoms with Crippen LogP contribution in [0.3, 0.4) is 0 Å². The maximum absolute atomic E-state index is 13.3. The van der Waals surface area contributed by atoms with Gasteiger partial charge in [0, 0.05) is 5.39 Å². The van der Waals surface area contributed by atoms with Crippen LogP contribution in [0.15, 0.2) is 48.5 Å². The zero-order valence-corrected chi connectivity index (χ0v) is 20.6. The quantitative estimate of drug-likeness (QED) is 0.326. The first-order valence-corrected chi connectivity index (χ1v) is 12.6. The van der Waals surface area contributed by atoms with E-state index in [2.05, 4.69) is 32.6 Å². The average molecular weight is 486 g/mol. The number of nitrogens with one attached hydrogen (secondary N) is 2. The van der Waals surface area contributed by atoms with Crippen molar-refractivity contribution in [3.63, 3.8) is 0 Å². The molecule has 2 aromatic carbocycles. The minimum atomic E-state index is -0.983. The van der Waals surface area contributed by atoms with Crippen molar-refractivity contribution in [3.05, 3.63) is 71.3 Å². The molecule has 1 unspecified atom stereocenters. The second-order valence-corrected chi connectivity index (χ2v) is 9.65. The molecule has 2 heterocycles. The number of carbonyl (C=O) groups is 2. The van der Waals surface area contributed by atoms with Crippen LogP contribution >= 0.6 is 0 Å². The number of fused-ring (bicyclic) bond motifs is 1. The molecule has 0 bridgehead atoms. The van der Waals surface area contributed by atoms with Crippen LogP contribution in [0.4, 0.5) is 0 Å². The average Bonchev–Trinajstić information content (AvgIpc) is 3.46. The van der Waals surface area contributed by atoms with E-state index in [1.807, 2.05) is 42.7 Å². The number of aryl methyl sites for hydroxylation is 1. The topological polar surface area (TPSA) is 113 Å². The normalized spacial score (nSPS) is 15.2. The molecule has 5 rings (SSSR count). The van der Waals surface area contributed by atoms with Gasteiger partial charge in [0.2, 0.25) is 5.91 Å².